The van der Waals surface area contributed by atoms with Gasteiger partial charge in [0.15, 0.2) is 0 Å². The number of benzene rings is 1. The number of nitrogens with one attached hydrogen (secondary N) is 2. The van der Waals surface area contributed by atoms with Crippen molar-refractivity contribution in [2.75, 3.05) is 9.84 Å². The second-order valence-electron chi connectivity index (χ2n) is 2.73. The molecule has 2 rings (SSSR count). The second kappa shape index (κ2) is 3.00. The van der Waals surface area contributed by atoms with E-state index in [9.17, 15) is 8.42 Å². The highest BCUT2D eigenvalue weighted by Gasteiger charge is 2.26. The third-order valence-corrected chi connectivity index (χ3v) is 3.10. The van der Waals surface area contributed by atoms with Crippen LogP contribution in [0, 0.1) is 0 Å². The maximum Gasteiger partial charge on any atom is 0.271 e. The van der Waals surface area contributed by atoms with Crippen LogP contribution in [-0.4, -0.2) is 8.42 Å². The molecule has 14 heavy (non-hydrogen) atoms. The van der Waals surface area contributed by atoms with Gasteiger partial charge in [-0.1, -0.05) is 18.7 Å². The van der Waals surface area contributed by atoms with Crippen LogP contribution in [-0.2, 0) is 10.0 Å². The molecule has 0 atom stereocenters. The average Bonchev–Trinajstić information content (AvgIpc) is 2.61. The Morgan fingerprint density at radius 2 is 2.07 bits per heavy atom. The first kappa shape index (κ1) is 9.04. The van der Waals surface area contributed by atoms with Gasteiger partial charge < -0.3 is 5.43 Å². The average molecular weight is 211 g/mol. The van der Waals surface area contributed by atoms with Crippen LogP contribution >= 0.6 is 0 Å². The highest BCUT2D eigenvalue weighted by molar-refractivity contribution is 7.95. The Labute approximate surface area is 82.0 Å². The van der Waals surface area contributed by atoms with E-state index in [4.69, 9.17) is 0 Å². The van der Waals surface area contributed by atoms with Gasteiger partial charge in [0.1, 0.15) is 0 Å². The van der Waals surface area contributed by atoms with Crippen molar-refractivity contribution in [2.45, 2.75) is 0 Å². The summed E-state index contributed by atoms with van der Waals surface area (Å²) >= 11 is 0. The molecule has 0 aliphatic carbocycles. The fraction of sp³-hybridized carbons (Fsp3) is 0. The summed E-state index contributed by atoms with van der Waals surface area (Å²) in [5.74, 6) is 0. The number of anilines is 2. The van der Waals surface area contributed by atoms with Crippen molar-refractivity contribution in [3.05, 3.63) is 36.3 Å². The van der Waals surface area contributed by atoms with Gasteiger partial charge in [0.05, 0.1) is 11.4 Å². The molecule has 1 aromatic carbocycles. The van der Waals surface area contributed by atoms with Crippen molar-refractivity contribution in [1.29, 1.82) is 0 Å². The molecule has 1 aromatic rings. The molecule has 0 radical (unpaired) electrons. The highest BCUT2D eigenvalue weighted by atomic mass is 32.2. The molecule has 0 aromatic heterocycles. The summed E-state index contributed by atoms with van der Waals surface area (Å²) in [5, 5.41) is 0.893. The van der Waals surface area contributed by atoms with Gasteiger partial charge in [-0.3, -0.25) is 0 Å². The maximum atomic E-state index is 11.5. The van der Waals surface area contributed by atoms with Crippen molar-refractivity contribution in [1.82, 2.24) is 5.53 Å². The first-order valence-corrected chi connectivity index (χ1v) is 5.44. The molecule has 0 fully saturated rings. The first-order valence-electron chi connectivity index (χ1n) is 3.93. The lowest BCUT2D eigenvalue weighted by atomic mass is 10.3. The van der Waals surface area contributed by atoms with Gasteiger partial charge in [-0.2, -0.15) is 4.41 Å². The minimum Gasteiger partial charge on any atom is -0.301 e. The smallest absolute Gasteiger partial charge is 0.271 e. The normalized spacial score (nSPS) is 14.7. The molecule has 74 valence electrons. The third-order valence-electron chi connectivity index (χ3n) is 1.88. The summed E-state index contributed by atoms with van der Waals surface area (Å²) in [4.78, 5) is 0. The van der Waals surface area contributed by atoms with Crippen LogP contribution < -0.4 is 15.4 Å². The first-order chi connectivity index (χ1) is 6.65. The summed E-state index contributed by atoms with van der Waals surface area (Å²) in [7, 11) is -3.49. The summed E-state index contributed by atoms with van der Waals surface area (Å²) in [6.07, 6.45) is 0. The lowest BCUT2D eigenvalue weighted by Crippen LogP contribution is -2.39. The molecule has 1 heterocycles. The molecule has 1 aliphatic heterocycles. The zero-order chi connectivity index (χ0) is 10.2. The molecule has 6 heteroatoms. The summed E-state index contributed by atoms with van der Waals surface area (Å²) in [5.41, 5.74) is 6.56. The maximum absolute atomic E-state index is 11.5. The minimum absolute atomic E-state index is 0.562. The van der Waals surface area contributed by atoms with Crippen molar-refractivity contribution in [2.24, 2.45) is 0 Å². The molecular formula is C8H9N3O2S. The van der Waals surface area contributed by atoms with E-state index in [2.05, 4.69) is 17.5 Å². The molecule has 0 saturated heterocycles. The molecule has 0 bridgehead atoms. The molecular weight excluding hydrogens is 202 g/mol. The van der Waals surface area contributed by atoms with Crippen molar-refractivity contribution in [3.63, 3.8) is 0 Å². The lowest BCUT2D eigenvalue weighted by Gasteiger charge is -2.14. The molecule has 0 saturated carbocycles. The van der Waals surface area contributed by atoms with Crippen LogP contribution in [0.25, 0.3) is 0 Å². The van der Waals surface area contributed by atoms with Crippen LogP contribution in [0.3, 0.4) is 0 Å². The molecule has 0 spiro atoms. The number of hydrogen-bond acceptors (Lipinski definition) is 4. The van der Waals surface area contributed by atoms with E-state index in [1.807, 2.05) is 6.07 Å². The summed E-state index contributed by atoms with van der Waals surface area (Å²) in [6, 6.07) is 7.06. The van der Waals surface area contributed by atoms with Gasteiger partial charge in [-0.15, -0.1) is 5.53 Å². The number of para-hydroxylation sites is 2. The number of hydrazine groups is 2. The predicted octanol–water partition coefficient (Wildman–Crippen LogP) is 0.811. The molecule has 0 unspecified atom stereocenters. The van der Waals surface area contributed by atoms with Crippen LogP contribution in [0.4, 0.5) is 11.4 Å². The van der Waals surface area contributed by atoms with E-state index in [1.54, 1.807) is 18.2 Å². The van der Waals surface area contributed by atoms with Gasteiger partial charge in [-0.25, -0.2) is 8.42 Å². The van der Waals surface area contributed by atoms with Crippen molar-refractivity contribution < 1.29 is 8.42 Å². The minimum atomic E-state index is -3.49. The Kier molecular flexibility index (Phi) is 1.94. The predicted molar refractivity (Wildman–Crippen MR) is 54.8 cm³/mol. The molecule has 5 nitrogen and oxygen atoms in total. The third kappa shape index (κ3) is 1.24. The van der Waals surface area contributed by atoms with E-state index in [-0.39, 0.29) is 0 Å². The topological polar surface area (TPSA) is 61.4 Å². The van der Waals surface area contributed by atoms with E-state index < -0.39 is 10.0 Å². The van der Waals surface area contributed by atoms with Crippen LogP contribution in [0.15, 0.2) is 36.3 Å². The Bertz CT molecular complexity index is 469. The Morgan fingerprint density at radius 1 is 1.36 bits per heavy atom. The van der Waals surface area contributed by atoms with E-state index >= 15 is 0 Å². The monoisotopic (exact) mass is 211 g/mol. The van der Waals surface area contributed by atoms with Crippen molar-refractivity contribution >= 4 is 21.4 Å². The molecule has 2 N–H and O–H groups in total. The fourth-order valence-corrected chi connectivity index (χ4v) is 1.96. The Hall–Kier alpha value is -1.53. The van der Waals surface area contributed by atoms with Gasteiger partial charge in [0.2, 0.25) is 0 Å². The van der Waals surface area contributed by atoms with Gasteiger partial charge in [0.25, 0.3) is 10.0 Å². The molecule has 1 aliphatic rings. The number of hydrogen-bond donors (Lipinski definition) is 2. The van der Waals surface area contributed by atoms with E-state index in [1.165, 1.54) is 0 Å². The highest BCUT2D eigenvalue weighted by Crippen LogP contribution is 2.30. The number of sulfonamides is 1. The quantitative estimate of drug-likeness (QED) is 0.760. The lowest BCUT2D eigenvalue weighted by molar-refractivity contribution is 0.595. The SMILES string of the molecule is C=CS(=O)(=O)N1NNc2ccccc21. The van der Waals surface area contributed by atoms with Crippen LogP contribution in [0.2, 0.25) is 0 Å². The number of nitrogens with zero attached hydrogens (tertiary/aromatic N) is 1. The number of fused-ring (bicyclic) bond motifs is 1. The standard InChI is InChI=1S/C8H9N3O2S/c1-2-14(12,13)11-8-6-4-3-5-7(8)9-10-11/h2-6,9-10H,1H2. The summed E-state index contributed by atoms with van der Waals surface area (Å²) in [6.45, 7) is 3.25. The largest absolute Gasteiger partial charge is 0.301 e. The van der Waals surface area contributed by atoms with Crippen LogP contribution in [0.5, 0.6) is 0 Å². The Morgan fingerprint density at radius 3 is 2.79 bits per heavy atom. The fourth-order valence-electron chi connectivity index (χ4n) is 1.20. The summed E-state index contributed by atoms with van der Waals surface area (Å²) < 4.78 is 24.0. The Balaban J connectivity index is 2.50. The van der Waals surface area contributed by atoms with Crippen molar-refractivity contribution in [3.8, 4) is 0 Å². The van der Waals surface area contributed by atoms with Crippen LogP contribution in [0.1, 0.15) is 0 Å². The molecule has 0 amide bonds. The zero-order valence-electron chi connectivity index (χ0n) is 7.27. The van der Waals surface area contributed by atoms with E-state index in [0.717, 1.165) is 15.5 Å². The van der Waals surface area contributed by atoms with Gasteiger partial charge in [0, 0.05) is 5.41 Å². The van der Waals surface area contributed by atoms with Gasteiger partial charge in [-0.05, 0) is 12.1 Å². The second-order valence-corrected chi connectivity index (χ2v) is 4.46. The zero-order valence-corrected chi connectivity index (χ0v) is 8.08. The van der Waals surface area contributed by atoms with Gasteiger partial charge >= 0.3 is 0 Å². The van der Waals surface area contributed by atoms with E-state index in [0.29, 0.717) is 5.69 Å². The number of rotatable bonds is 2.